The smallest absolute Gasteiger partial charge is 0.163 e. The lowest BCUT2D eigenvalue weighted by molar-refractivity contribution is 0.0983. The van der Waals surface area contributed by atoms with Crippen molar-refractivity contribution in [2.24, 2.45) is 0 Å². The molecule has 0 atom stereocenters. The van der Waals surface area contributed by atoms with Gasteiger partial charge in [0.25, 0.3) is 0 Å². The summed E-state index contributed by atoms with van der Waals surface area (Å²) in [5.41, 5.74) is 1.26. The van der Waals surface area contributed by atoms with Gasteiger partial charge in [-0.2, -0.15) is 5.26 Å². The van der Waals surface area contributed by atoms with Crippen molar-refractivity contribution < 1.29 is 4.79 Å². The first-order chi connectivity index (χ1) is 7.27. The van der Waals surface area contributed by atoms with Crippen molar-refractivity contribution >= 4 is 5.78 Å². The first kappa shape index (κ1) is 11.2. The summed E-state index contributed by atoms with van der Waals surface area (Å²) in [5.74, 6) is 0.123. The Balaban J connectivity index is 2.63. The van der Waals surface area contributed by atoms with Crippen molar-refractivity contribution in [3.05, 3.63) is 47.5 Å². The molecule has 0 spiro atoms. The van der Waals surface area contributed by atoms with Crippen LogP contribution in [-0.4, -0.2) is 5.78 Å². The minimum Gasteiger partial charge on any atom is -0.294 e. The Morgan fingerprint density at radius 2 is 2.07 bits per heavy atom. The van der Waals surface area contributed by atoms with E-state index in [0.717, 1.165) is 6.42 Å². The van der Waals surface area contributed by atoms with Crippen molar-refractivity contribution in [1.29, 1.82) is 5.26 Å². The number of benzene rings is 1. The molecule has 0 amide bonds. The van der Waals surface area contributed by atoms with Gasteiger partial charge in [0.05, 0.1) is 11.6 Å². The van der Waals surface area contributed by atoms with Gasteiger partial charge in [0.15, 0.2) is 5.78 Å². The van der Waals surface area contributed by atoms with E-state index in [2.05, 4.69) is 0 Å². The standard InChI is InChI=1S/C13H13NO/c1-2-3-4-5-13(15)12-8-6-11(10-14)7-9-12/h2-3,6-9H,4-5H2,1H3/b3-2+. The summed E-state index contributed by atoms with van der Waals surface area (Å²) in [6.45, 7) is 1.94. The maximum atomic E-state index is 11.6. The highest BCUT2D eigenvalue weighted by Crippen LogP contribution is 2.07. The molecule has 0 saturated heterocycles. The normalized spacial score (nSPS) is 10.1. The maximum absolute atomic E-state index is 11.6. The zero-order valence-corrected chi connectivity index (χ0v) is 8.73. The monoisotopic (exact) mass is 199 g/mol. The van der Waals surface area contributed by atoms with Crippen LogP contribution in [0.25, 0.3) is 0 Å². The molecule has 0 saturated carbocycles. The molecule has 0 heterocycles. The largest absolute Gasteiger partial charge is 0.294 e. The average Bonchev–Trinajstić information content (AvgIpc) is 2.29. The first-order valence-corrected chi connectivity index (χ1v) is 4.92. The van der Waals surface area contributed by atoms with E-state index in [0.29, 0.717) is 17.5 Å². The fourth-order valence-electron chi connectivity index (χ4n) is 1.26. The van der Waals surface area contributed by atoms with Gasteiger partial charge >= 0.3 is 0 Å². The molecule has 2 nitrogen and oxygen atoms in total. The van der Waals surface area contributed by atoms with Crippen molar-refractivity contribution in [1.82, 2.24) is 0 Å². The van der Waals surface area contributed by atoms with E-state index in [1.165, 1.54) is 0 Å². The summed E-state index contributed by atoms with van der Waals surface area (Å²) in [4.78, 5) is 11.6. The van der Waals surface area contributed by atoms with E-state index in [9.17, 15) is 4.79 Å². The molecule has 0 fully saturated rings. The number of Topliss-reactive ketones (excluding diaryl/α,β-unsaturated/α-hetero) is 1. The number of nitriles is 1. The van der Waals surface area contributed by atoms with Gasteiger partial charge in [-0.3, -0.25) is 4.79 Å². The van der Waals surface area contributed by atoms with Gasteiger partial charge in [-0.1, -0.05) is 24.3 Å². The summed E-state index contributed by atoms with van der Waals surface area (Å²) in [6.07, 6.45) is 5.21. The van der Waals surface area contributed by atoms with Gasteiger partial charge in [-0.05, 0) is 25.5 Å². The second-order valence-electron chi connectivity index (χ2n) is 3.22. The second-order valence-corrected chi connectivity index (χ2v) is 3.22. The molecule has 0 aliphatic rings. The molecule has 1 aromatic rings. The molecular weight excluding hydrogens is 186 g/mol. The minimum absolute atomic E-state index is 0.123. The topological polar surface area (TPSA) is 40.9 Å². The second kappa shape index (κ2) is 5.77. The van der Waals surface area contributed by atoms with Gasteiger partial charge in [-0.25, -0.2) is 0 Å². The Morgan fingerprint density at radius 3 is 2.60 bits per heavy atom. The number of hydrogen-bond acceptors (Lipinski definition) is 2. The van der Waals surface area contributed by atoms with Crippen LogP contribution in [0.2, 0.25) is 0 Å². The van der Waals surface area contributed by atoms with Crippen molar-refractivity contribution in [2.75, 3.05) is 0 Å². The Hall–Kier alpha value is -1.88. The molecule has 1 rings (SSSR count). The zero-order chi connectivity index (χ0) is 11.1. The first-order valence-electron chi connectivity index (χ1n) is 4.92. The molecule has 15 heavy (non-hydrogen) atoms. The van der Waals surface area contributed by atoms with E-state index < -0.39 is 0 Å². The molecule has 1 aromatic carbocycles. The van der Waals surface area contributed by atoms with Crippen LogP contribution in [0, 0.1) is 11.3 Å². The van der Waals surface area contributed by atoms with Crippen molar-refractivity contribution in [3.63, 3.8) is 0 Å². The predicted octanol–water partition coefficient (Wildman–Crippen LogP) is 3.10. The summed E-state index contributed by atoms with van der Waals surface area (Å²) < 4.78 is 0. The van der Waals surface area contributed by atoms with E-state index in [-0.39, 0.29) is 5.78 Å². The third-order valence-electron chi connectivity index (χ3n) is 2.11. The summed E-state index contributed by atoms with van der Waals surface area (Å²) in [7, 11) is 0. The number of carbonyl (C=O) groups is 1. The van der Waals surface area contributed by atoms with Crippen LogP contribution in [0.1, 0.15) is 35.7 Å². The van der Waals surface area contributed by atoms with Crippen LogP contribution < -0.4 is 0 Å². The lowest BCUT2D eigenvalue weighted by Crippen LogP contribution is -1.97. The molecule has 0 bridgehead atoms. The lowest BCUT2D eigenvalue weighted by Gasteiger charge is -1.98. The number of nitrogens with zero attached hydrogens (tertiary/aromatic N) is 1. The molecule has 0 unspecified atom stereocenters. The molecular formula is C13H13NO. The third kappa shape index (κ3) is 3.40. The van der Waals surface area contributed by atoms with Crippen LogP contribution in [0.4, 0.5) is 0 Å². The Bertz CT molecular complexity index is 396. The number of carbonyl (C=O) groups excluding carboxylic acids is 1. The molecule has 0 aliphatic carbocycles. The van der Waals surface area contributed by atoms with Crippen LogP contribution in [0.5, 0.6) is 0 Å². The number of rotatable bonds is 4. The molecule has 0 radical (unpaired) electrons. The molecule has 0 aliphatic heterocycles. The Labute approximate surface area is 89.9 Å². The van der Waals surface area contributed by atoms with Gasteiger partial charge in [0.2, 0.25) is 0 Å². The number of ketones is 1. The van der Waals surface area contributed by atoms with E-state index in [4.69, 9.17) is 5.26 Å². The highest BCUT2D eigenvalue weighted by Gasteiger charge is 2.03. The molecule has 0 aromatic heterocycles. The van der Waals surface area contributed by atoms with Crippen molar-refractivity contribution in [3.8, 4) is 6.07 Å². The van der Waals surface area contributed by atoms with Gasteiger partial charge in [-0.15, -0.1) is 0 Å². The molecule has 76 valence electrons. The van der Waals surface area contributed by atoms with E-state index >= 15 is 0 Å². The van der Waals surface area contributed by atoms with E-state index in [1.54, 1.807) is 24.3 Å². The summed E-state index contributed by atoms with van der Waals surface area (Å²) in [5, 5.41) is 8.60. The predicted molar refractivity (Wildman–Crippen MR) is 59.5 cm³/mol. The fraction of sp³-hybridized carbons (Fsp3) is 0.231. The number of allylic oxidation sites excluding steroid dienone is 2. The summed E-state index contributed by atoms with van der Waals surface area (Å²) >= 11 is 0. The zero-order valence-electron chi connectivity index (χ0n) is 8.73. The SMILES string of the molecule is C/C=C/CCC(=O)c1ccc(C#N)cc1. The Kier molecular flexibility index (Phi) is 4.30. The average molecular weight is 199 g/mol. The van der Waals surface area contributed by atoms with Crippen LogP contribution in [-0.2, 0) is 0 Å². The van der Waals surface area contributed by atoms with Crippen LogP contribution in [0.3, 0.4) is 0 Å². The van der Waals surface area contributed by atoms with Gasteiger partial charge in [0.1, 0.15) is 0 Å². The Morgan fingerprint density at radius 1 is 1.40 bits per heavy atom. The van der Waals surface area contributed by atoms with Crippen LogP contribution >= 0.6 is 0 Å². The third-order valence-corrected chi connectivity index (χ3v) is 2.11. The molecule has 2 heteroatoms. The van der Waals surface area contributed by atoms with E-state index in [1.807, 2.05) is 25.1 Å². The summed E-state index contributed by atoms with van der Waals surface area (Å²) in [6, 6.07) is 8.77. The highest BCUT2D eigenvalue weighted by atomic mass is 16.1. The fourth-order valence-corrected chi connectivity index (χ4v) is 1.26. The highest BCUT2D eigenvalue weighted by molar-refractivity contribution is 5.96. The van der Waals surface area contributed by atoms with Crippen LogP contribution in [0.15, 0.2) is 36.4 Å². The minimum atomic E-state index is 0.123. The van der Waals surface area contributed by atoms with Gasteiger partial charge < -0.3 is 0 Å². The molecule has 0 N–H and O–H groups in total. The quantitative estimate of drug-likeness (QED) is 0.552. The number of hydrogen-bond donors (Lipinski definition) is 0. The van der Waals surface area contributed by atoms with Gasteiger partial charge in [0, 0.05) is 12.0 Å². The maximum Gasteiger partial charge on any atom is 0.163 e. The van der Waals surface area contributed by atoms with Crippen molar-refractivity contribution in [2.45, 2.75) is 19.8 Å². The lowest BCUT2D eigenvalue weighted by atomic mass is 10.1.